The quantitative estimate of drug-likeness (QED) is 0.549. The summed E-state index contributed by atoms with van der Waals surface area (Å²) in [6.07, 6.45) is 0. The van der Waals surface area contributed by atoms with E-state index in [1.54, 1.807) is 6.07 Å². The highest BCUT2D eigenvalue weighted by atomic mass is 35.5. The lowest BCUT2D eigenvalue weighted by Gasteiger charge is -2.05. The van der Waals surface area contributed by atoms with Crippen molar-refractivity contribution in [2.75, 3.05) is 5.32 Å². The summed E-state index contributed by atoms with van der Waals surface area (Å²) in [5.74, 6) is 0.0967. The summed E-state index contributed by atoms with van der Waals surface area (Å²) in [6, 6.07) is 15.3. The molecule has 22 heavy (non-hydrogen) atoms. The molecule has 2 aromatic carbocycles. The Morgan fingerprint density at radius 2 is 1.91 bits per heavy atom. The van der Waals surface area contributed by atoms with Crippen molar-refractivity contribution in [2.45, 2.75) is 0 Å². The number of benzene rings is 2. The van der Waals surface area contributed by atoms with E-state index >= 15 is 0 Å². The normalized spacial score (nSPS) is 10.5. The van der Waals surface area contributed by atoms with Gasteiger partial charge in [-0.05, 0) is 18.2 Å². The fourth-order valence-corrected chi connectivity index (χ4v) is 2.09. The van der Waals surface area contributed by atoms with Crippen LogP contribution >= 0.6 is 11.6 Å². The number of rotatable bonds is 3. The predicted molar refractivity (Wildman–Crippen MR) is 83.8 cm³/mol. The average Bonchev–Trinajstić information content (AvgIpc) is 3.02. The first-order valence-corrected chi connectivity index (χ1v) is 6.84. The zero-order valence-electron chi connectivity index (χ0n) is 11.3. The summed E-state index contributed by atoms with van der Waals surface area (Å²) < 4.78 is 18.3. The van der Waals surface area contributed by atoms with Gasteiger partial charge in [-0.3, -0.25) is 5.41 Å². The molecule has 0 aliphatic carbocycles. The Morgan fingerprint density at radius 1 is 1.14 bits per heavy atom. The van der Waals surface area contributed by atoms with Crippen LogP contribution in [0.5, 0.6) is 0 Å². The number of amidine groups is 1. The van der Waals surface area contributed by atoms with Gasteiger partial charge in [0.05, 0.1) is 5.02 Å². The largest absolute Gasteiger partial charge is 0.356 e. The molecule has 0 aliphatic rings. The average molecular weight is 316 g/mol. The number of hydrogen-bond donors (Lipinski definition) is 2. The number of hydrogen-bond acceptors (Lipinski definition) is 3. The standard InChI is InChI=1S/C16H11ClFN3O/c17-12-8-11(6-7-13(12)18)20-16(19)14-9-15(22-21-14)10-4-2-1-3-5-10/h1-9H,(H2,19,20). The van der Waals surface area contributed by atoms with Crippen molar-refractivity contribution in [1.29, 1.82) is 5.41 Å². The van der Waals surface area contributed by atoms with Crippen LogP contribution in [0.4, 0.5) is 10.1 Å². The lowest BCUT2D eigenvalue weighted by Crippen LogP contribution is -2.12. The molecule has 3 rings (SSSR count). The summed E-state index contributed by atoms with van der Waals surface area (Å²) in [5.41, 5.74) is 1.72. The lowest BCUT2D eigenvalue weighted by molar-refractivity contribution is 0.431. The molecule has 4 nitrogen and oxygen atoms in total. The Bertz CT molecular complexity index is 817. The number of nitrogens with one attached hydrogen (secondary N) is 2. The van der Waals surface area contributed by atoms with Gasteiger partial charge in [0, 0.05) is 17.3 Å². The number of halogens is 2. The van der Waals surface area contributed by atoms with Crippen molar-refractivity contribution in [3.05, 3.63) is 71.1 Å². The van der Waals surface area contributed by atoms with Gasteiger partial charge in [-0.25, -0.2) is 4.39 Å². The van der Waals surface area contributed by atoms with E-state index in [-0.39, 0.29) is 10.9 Å². The molecule has 0 unspecified atom stereocenters. The van der Waals surface area contributed by atoms with Gasteiger partial charge in [-0.15, -0.1) is 0 Å². The Hall–Kier alpha value is -2.66. The molecule has 1 heterocycles. The van der Waals surface area contributed by atoms with Crippen LogP contribution in [0.2, 0.25) is 5.02 Å². The highest BCUT2D eigenvalue weighted by Gasteiger charge is 2.11. The third kappa shape index (κ3) is 2.99. The molecule has 0 saturated carbocycles. The van der Waals surface area contributed by atoms with E-state index < -0.39 is 5.82 Å². The Balaban J connectivity index is 1.78. The number of aromatic nitrogens is 1. The molecule has 110 valence electrons. The molecule has 3 aromatic rings. The van der Waals surface area contributed by atoms with Gasteiger partial charge in [0.25, 0.3) is 0 Å². The molecule has 0 radical (unpaired) electrons. The topological polar surface area (TPSA) is 61.9 Å². The van der Waals surface area contributed by atoms with Gasteiger partial charge >= 0.3 is 0 Å². The van der Waals surface area contributed by atoms with Gasteiger partial charge < -0.3 is 9.84 Å². The van der Waals surface area contributed by atoms with Gasteiger partial charge in [-0.1, -0.05) is 47.1 Å². The second-order valence-electron chi connectivity index (χ2n) is 4.57. The smallest absolute Gasteiger partial charge is 0.167 e. The first-order valence-electron chi connectivity index (χ1n) is 6.46. The molecule has 0 spiro atoms. The summed E-state index contributed by atoms with van der Waals surface area (Å²) in [5, 5.41) is 14.6. The van der Waals surface area contributed by atoms with Gasteiger partial charge in [0.15, 0.2) is 11.6 Å². The highest BCUT2D eigenvalue weighted by Crippen LogP contribution is 2.22. The maximum absolute atomic E-state index is 13.1. The van der Waals surface area contributed by atoms with Gasteiger partial charge in [0.1, 0.15) is 11.5 Å². The minimum Gasteiger partial charge on any atom is -0.356 e. The van der Waals surface area contributed by atoms with E-state index in [1.807, 2.05) is 30.3 Å². The first-order chi connectivity index (χ1) is 10.6. The van der Waals surface area contributed by atoms with E-state index in [9.17, 15) is 4.39 Å². The fraction of sp³-hybridized carbons (Fsp3) is 0. The van der Waals surface area contributed by atoms with E-state index in [0.717, 1.165) is 5.56 Å². The Kier molecular flexibility index (Phi) is 3.89. The number of nitrogens with zero attached hydrogens (tertiary/aromatic N) is 1. The minimum atomic E-state index is -0.508. The zero-order chi connectivity index (χ0) is 15.5. The molecule has 0 aliphatic heterocycles. The Labute approximate surface area is 131 Å². The highest BCUT2D eigenvalue weighted by molar-refractivity contribution is 6.31. The molecule has 6 heteroatoms. The molecule has 0 fully saturated rings. The van der Waals surface area contributed by atoms with E-state index in [0.29, 0.717) is 17.1 Å². The van der Waals surface area contributed by atoms with Crippen LogP contribution in [0.25, 0.3) is 11.3 Å². The predicted octanol–water partition coefficient (Wildman–Crippen LogP) is 4.57. The molecular weight excluding hydrogens is 305 g/mol. The lowest BCUT2D eigenvalue weighted by atomic mass is 10.1. The molecule has 1 aromatic heterocycles. The van der Waals surface area contributed by atoms with Crippen LogP contribution < -0.4 is 5.32 Å². The number of anilines is 1. The molecule has 0 amide bonds. The summed E-state index contributed by atoms with van der Waals surface area (Å²) >= 11 is 5.71. The van der Waals surface area contributed by atoms with Gasteiger partial charge in [-0.2, -0.15) is 0 Å². The van der Waals surface area contributed by atoms with Crippen LogP contribution in [-0.2, 0) is 0 Å². The second-order valence-corrected chi connectivity index (χ2v) is 4.98. The third-order valence-electron chi connectivity index (χ3n) is 3.01. The molecule has 0 saturated heterocycles. The molecular formula is C16H11ClFN3O. The maximum Gasteiger partial charge on any atom is 0.167 e. The van der Waals surface area contributed by atoms with Crippen LogP contribution in [0.15, 0.2) is 59.1 Å². The van der Waals surface area contributed by atoms with E-state index in [2.05, 4.69) is 10.5 Å². The van der Waals surface area contributed by atoms with E-state index in [4.69, 9.17) is 21.5 Å². The van der Waals surface area contributed by atoms with Gasteiger partial charge in [0.2, 0.25) is 0 Å². The Morgan fingerprint density at radius 3 is 2.64 bits per heavy atom. The van der Waals surface area contributed by atoms with Crippen LogP contribution in [0, 0.1) is 11.2 Å². The van der Waals surface area contributed by atoms with Crippen molar-refractivity contribution in [1.82, 2.24) is 5.16 Å². The SMILES string of the molecule is N=C(Nc1ccc(F)c(Cl)c1)c1cc(-c2ccccc2)on1. The first kappa shape index (κ1) is 14.3. The van der Waals surface area contributed by atoms with E-state index in [1.165, 1.54) is 18.2 Å². The molecule has 2 N–H and O–H groups in total. The fourth-order valence-electron chi connectivity index (χ4n) is 1.91. The van der Waals surface area contributed by atoms with Crippen molar-refractivity contribution >= 4 is 23.1 Å². The summed E-state index contributed by atoms with van der Waals surface area (Å²) in [7, 11) is 0. The van der Waals surface area contributed by atoms with Crippen LogP contribution in [0.3, 0.4) is 0 Å². The third-order valence-corrected chi connectivity index (χ3v) is 3.30. The minimum absolute atomic E-state index is 0.0112. The van der Waals surface area contributed by atoms with Crippen LogP contribution in [0.1, 0.15) is 5.69 Å². The summed E-state index contributed by atoms with van der Waals surface area (Å²) in [6.45, 7) is 0. The van der Waals surface area contributed by atoms with Crippen molar-refractivity contribution in [3.8, 4) is 11.3 Å². The monoisotopic (exact) mass is 315 g/mol. The molecule has 0 atom stereocenters. The summed E-state index contributed by atoms with van der Waals surface area (Å²) in [4.78, 5) is 0. The van der Waals surface area contributed by atoms with Crippen molar-refractivity contribution in [2.24, 2.45) is 0 Å². The molecule has 0 bridgehead atoms. The van der Waals surface area contributed by atoms with Crippen molar-refractivity contribution in [3.63, 3.8) is 0 Å². The van der Waals surface area contributed by atoms with Crippen LogP contribution in [-0.4, -0.2) is 11.0 Å². The zero-order valence-corrected chi connectivity index (χ0v) is 12.1. The maximum atomic E-state index is 13.1. The van der Waals surface area contributed by atoms with Crippen molar-refractivity contribution < 1.29 is 8.91 Å². The second kappa shape index (κ2) is 5.99.